The number of hydrogen-bond donors (Lipinski definition) is 2. The summed E-state index contributed by atoms with van der Waals surface area (Å²) in [4.78, 5) is 57.2. The maximum atomic E-state index is 13.4. The van der Waals surface area contributed by atoms with Gasteiger partial charge in [-0.1, -0.05) is 12.1 Å². The van der Waals surface area contributed by atoms with Crippen LogP contribution in [0.15, 0.2) is 75.4 Å². The van der Waals surface area contributed by atoms with Crippen molar-refractivity contribution in [1.29, 1.82) is 0 Å². The van der Waals surface area contributed by atoms with Crippen LogP contribution in [-0.2, 0) is 47.8 Å². The van der Waals surface area contributed by atoms with E-state index in [0.717, 1.165) is 48.5 Å². The fourth-order valence-corrected chi connectivity index (χ4v) is 9.54. The van der Waals surface area contributed by atoms with Crippen LogP contribution in [0.1, 0.15) is 30.4 Å². The molecule has 3 rings (SSSR count). The van der Waals surface area contributed by atoms with Crippen LogP contribution < -0.4 is 10.1 Å². The van der Waals surface area contributed by atoms with Crippen LogP contribution in [0.3, 0.4) is 0 Å². The minimum atomic E-state index is -4.56. The number of carboxylic acids is 1. The minimum Gasteiger partial charge on any atom is -0.484 e. The fraction of sp³-hybridized carbons (Fsp3) is 0.323. The Bertz CT molecular complexity index is 2280. The molecule has 0 radical (unpaired) electrons. The predicted molar refractivity (Wildman–Crippen MR) is 188 cm³/mol. The molecule has 0 aliphatic heterocycles. The Labute approximate surface area is 312 Å². The number of nitro groups is 2. The van der Waals surface area contributed by atoms with Gasteiger partial charge in [0.25, 0.3) is 26.3 Å². The summed E-state index contributed by atoms with van der Waals surface area (Å²) >= 11 is 0. The number of carbonyl (C=O) groups is 3. The van der Waals surface area contributed by atoms with Gasteiger partial charge in [0.05, 0.1) is 36.0 Å². The topological polar surface area (TPSA) is 291 Å². The maximum Gasteiger partial charge on any atom is 0.328 e. The summed E-state index contributed by atoms with van der Waals surface area (Å²) in [6.07, 6.45) is -3.85. The molecule has 3 aromatic rings. The van der Waals surface area contributed by atoms with Crippen molar-refractivity contribution in [3.63, 3.8) is 0 Å². The maximum absolute atomic E-state index is 13.4. The number of aryl methyl sites for hydroxylation is 2. The number of ether oxygens (including phenoxy) is 2. The highest BCUT2D eigenvalue weighted by Gasteiger charge is 2.32. The van der Waals surface area contributed by atoms with E-state index in [2.05, 4.69) is 5.32 Å². The molecule has 3 aromatic carbocycles. The van der Waals surface area contributed by atoms with Gasteiger partial charge in [-0.15, -0.1) is 0 Å². The molecule has 2 unspecified atom stereocenters. The number of rotatable bonds is 19. The van der Waals surface area contributed by atoms with Crippen molar-refractivity contribution >= 4 is 68.6 Å². The number of aliphatic carboxylic acids is 1. The summed E-state index contributed by atoms with van der Waals surface area (Å²) < 4.78 is 87.6. The standard InChI is InChI=1S/C31H32ClN3O16S3/c1-19-13-24(14-20(2)30(19)54(32,48)49)50-17-28(36)33-27(9-10-29(37)38)31(39)51-23(18-53(46,47)26-8-4-6-22(16-26)35(42)43)11-12-52(44,45)25-7-3-5-21(15-25)34(40)41/h3-8,13-16,23,27H,9-12,17-18H2,1-2H3,(H,33,36)(H,37,38). The summed E-state index contributed by atoms with van der Waals surface area (Å²) in [6, 6.07) is 8.62. The Morgan fingerprint density at radius 1 is 0.833 bits per heavy atom. The molecule has 23 heteroatoms. The molecule has 0 aromatic heterocycles. The van der Waals surface area contributed by atoms with E-state index in [1.54, 1.807) is 0 Å². The van der Waals surface area contributed by atoms with Gasteiger partial charge >= 0.3 is 11.9 Å². The molecule has 0 saturated carbocycles. The Hall–Kier alpha value is -5.19. The number of amides is 1. The first-order valence-electron chi connectivity index (χ1n) is 15.3. The number of non-ortho nitro benzene ring substituents is 2. The van der Waals surface area contributed by atoms with Crippen LogP contribution >= 0.6 is 10.7 Å². The van der Waals surface area contributed by atoms with E-state index < -0.39 is 127 Å². The molecule has 1 amide bonds. The van der Waals surface area contributed by atoms with E-state index in [1.165, 1.54) is 26.0 Å². The van der Waals surface area contributed by atoms with E-state index >= 15 is 0 Å². The first kappa shape index (κ1) is 43.2. The lowest BCUT2D eigenvalue weighted by molar-refractivity contribution is -0.385. The van der Waals surface area contributed by atoms with E-state index in [0.29, 0.717) is 0 Å². The van der Waals surface area contributed by atoms with Crippen molar-refractivity contribution in [2.45, 2.75) is 59.9 Å². The Morgan fingerprint density at radius 2 is 1.35 bits per heavy atom. The summed E-state index contributed by atoms with van der Waals surface area (Å²) in [7, 11) is -7.58. The van der Waals surface area contributed by atoms with Crippen molar-refractivity contribution in [3.8, 4) is 5.75 Å². The van der Waals surface area contributed by atoms with Gasteiger partial charge in [-0.25, -0.2) is 30.0 Å². The predicted octanol–water partition coefficient (Wildman–Crippen LogP) is 3.03. The highest BCUT2D eigenvalue weighted by Crippen LogP contribution is 2.28. The largest absolute Gasteiger partial charge is 0.484 e. The second-order valence-electron chi connectivity index (χ2n) is 11.6. The van der Waals surface area contributed by atoms with Crippen molar-refractivity contribution in [1.82, 2.24) is 5.32 Å². The fourth-order valence-electron chi connectivity index (χ4n) is 5.03. The van der Waals surface area contributed by atoms with Crippen molar-refractivity contribution < 1.29 is 64.1 Å². The lowest BCUT2D eigenvalue weighted by Crippen LogP contribution is -2.45. The van der Waals surface area contributed by atoms with E-state index in [-0.39, 0.29) is 21.8 Å². The Kier molecular flexibility index (Phi) is 14.2. The molecule has 0 spiro atoms. The normalized spacial score (nSPS) is 12.9. The molecule has 2 atom stereocenters. The van der Waals surface area contributed by atoms with Gasteiger partial charge in [0.1, 0.15) is 17.9 Å². The van der Waals surface area contributed by atoms with Crippen LogP contribution in [0, 0.1) is 34.1 Å². The molecular weight excluding hydrogens is 802 g/mol. The van der Waals surface area contributed by atoms with Crippen LogP contribution in [-0.4, -0.2) is 88.3 Å². The zero-order valence-electron chi connectivity index (χ0n) is 28.2. The second kappa shape index (κ2) is 17.8. The van der Waals surface area contributed by atoms with E-state index in [1.807, 2.05) is 0 Å². The molecule has 2 N–H and O–H groups in total. The van der Waals surface area contributed by atoms with Crippen LogP contribution in [0.4, 0.5) is 11.4 Å². The molecule has 0 aliphatic rings. The smallest absolute Gasteiger partial charge is 0.328 e. The van der Waals surface area contributed by atoms with Crippen molar-refractivity contribution in [3.05, 3.63) is 92.0 Å². The number of carbonyl (C=O) groups excluding carboxylic acids is 2. The van der Waals surface area contributed by atoms with Crippen molar-refractivity contribution in [2.24, 2.45) is 0 Å². The van der Waals surface area contributed by atoms with Gasteiger partial charge in [-0.3, -0.25) is 29.8 Å². The number of benzene rings is 3. The SMILES string of the molecule is Cc1cc(OCC(=O)NC(CCC(=O)O)C(=O)OC(CCS(=O)(=O)c2cccc([N+](=O)[O-])c2)CS(=O)(=O)c2cccc([N+](=O)[O-])c2)cc(C)c1S(=O)(=O)Cl. The number of nitrogens with one attached hydrogen (secondary N) is 1. The lowest BCUT2D eigenvalue weighted by atomic mass is 10.1. The molecule has 0 heterocycles. The number of nitrogens with zero attached hydrogens (tertiary/aromatic N) is 2. The van der Waals surface area contributed by atoms with Gasteiger partial charge in [0, 0.05) is 41.4 Å². The van der Waals surface area contributed by atoms with Crippen LogP contribution in [0.2, 0.25) is 0 Å². The van der Waals surface area contributed by atoms with Gasteiger partial charge < -0.3 is 19.9 Å². The first-order chi connectivity index (χ1) is 25.0. The number of carboxylic acid groups (broad SMARTS) is 1. The monoisotopic (exact) mass is 833 g/mol. The van der Waals surface area contributed by atoms with Crippen LogP contribution in [0.25, 0.3) is 0 Å². The molecule has 0 fully saturated rings. The first-order valence-corrected chi connectivity index (χ1v) is 21.0. The summed E-state index contributed by atoms with van der Waals surface area (Å²) in [5.74, 6) is -5.78. The lowest BCUT2D eigenvalue weighted by Gasteiger charge is -2.23. The Balaban J connectivity index is 1.88. The number of esters is 1. The highest BCUT2D eigenvalue weighted by molar-refractivity contribution is 8.13. The summed E-state index contributed by atoms with van der Waals surface area (Å²) in [6.45, 7) is 2.07. The molecule has 54 heavy (non-hydrogen) atoms. The molecule has 0 aliphatic carbocycles. The zero-order chi connectivity index (χ0) is 40.6. The third-order valence-electron chi connectivity index (χ3n) is 7.49. The highest BCUT2D eigenvalue weighted by atomic mass is 35.7. The van der Waals surface area contributed by atoms with Crippen LogP contribution in [0.5, 0.6) is 5.75 Å². The number of hydrogen-bond acceptors (Lipinski definition) is 15. The number of halogens is 1. The minimum absolute atomic E-state index is 0.0326. The van der Waals surface area contributed by atoms with E-state index in [4.69, 9.17) is 20.2 Å². The number of nitro benzene ring substituents is 2. The second-order valence-corrected chi connectivity index (χ2v) is 18.3. The molecule has 292 valence electrons. The van der Waals surface area contributed by atoms with Gasteiger partial charge in [0.15, 0.2) is 26.3 Å². The van der Waals surface area contributed by atoms with E-state index in [9.17, 15) is 65.0 Å². The average molecular weight is 834 g/mol. The number of sulfone groups is 2. The summed E-state index contributed by atoms with van der Waals surface area (Å²) in [5, 5.41) is 33.9. The van der Waals surface area contributed by atoms with Crippen molar-refractivity contribution in [2.75, 3.05) is 18.1 Å². The zero-order valence-corrected chi connectivity index (χ0v) is 31.4. The third kappa shape index (κ3) is 12.2. The molecular formula is C31H32ClN3O16S3. The van der Waals surface area contributed by atoms with Gasteiger partial charge in [-0.2, -0.15) is 0 Å². The Morgan fingerprint density at radius 3 is 1.83 bits per heavy atom. The third-order valence-corrected chi connectivity index (χ3v) is 12.6. The summed E-state index contributed by atoms with van der Waals surface area (Å²) in [5.41, 5.74) is -0.760. The quantitative estimate of drug-likeness (QED) is 0.0759. The molecule has 19 nitrogen and oxygen atoms in total. The average Bonchev–Trinajstić information content (AvgIpc) is 3.07. The molecule has 0 saturated heterocycles. The van der Waals surface area contributed by atoms with Gasteiger partial charge in [-0.05, 0) is 62.1 Å². The van der Waals surface area contributed by atoms with Gasteiger partial charge in [0.2, 0.25) is 0 Å². The molecule has 0 bridgehead atoms.